The number of hydrogen-bond acceptors (Lipinski definition) is 1. The highest BCUT2D eigenvalue weighted by Gasteiger charge is 2.25. The molecule has 0 unspecified atom stereocenters. The fourth-order valence-electron chi connectivity index (χ4n) is 1.89. The molecule has 0 radical (unpaired) electrons. The van der Waals surface area contributed by atoms with E-state index in [1.807, 2.05) is 12.1 Å². The average molecular weight is 289 g/mol. The molecular weight excluding hydrogens is 276 g/mol. The second kappa shape index (κ2) is 4.15. The standard InChI is InChI=1S/C14H13BrN2/c15-12-5-3-11-8-13(6-4-10(11)7-12)17-14(16)9-1-2-9/h3-9H,1-2H2,(H2,16,17). The summed E-state index contributed by atoms with van der Waals surface area (Å²) in [4.78, 5) is 4.48. The molecule has 0 saturated heterocycles. The summed E-state index contributed by atoms with van der Waals surface area (Å²) in [6, 6.07) is 12.4. The number of aliphatic imine (C=N–C) groups is 1. The summed E-state index contributed by atoms with van der Waals surface area (Å²) in [6.07, 6.45) is 2.38. The van der Waals surface area contributed by atoms with E-state index in [0.717, 1.165) is 16.0 Å². The predicted octanol–water partition coefficient (Wildman–Crippen LogP) is 4.00. The van der Waals surface area contributed by atoms with Gasteiger partial charge in [-0.25, -0.2) is 4.99 Å². The van der Waals surface area contributed by atoms with Gasteiger partial charge >= 0.3 is 0 Å². The Morgan fingerprint density at radius 2 is 1.82 bits per heavy atom. The molecule has 2 aromatic rings. The quantitative estimate of drug-likeness (QED) is 0.658. The largest absolute Gasteiger partial charge is 0.387 e. The smallest absolute Gasteiger partial charge is 0.103 e. The highest BCUT2D eigenvalue weighted by Crippen LogP contribution is 2.31. The van der Waals surface area contributed by atoms with E-state index in [1.54, 1.807) is 0 Å². The molecule has 3 rings (SSSR count). The zero-order valence-corrected chi connectivity index (χ0v) is 10.9. The highest BCUT2D eigenvalue weighted by atomic mass is 79.9. The van der Waals surface area contributed by atoms with Crippen LogP contribution in [0.3, 0.4) is 0 Å². The maximum Gasteiger partial charge on any atom is 0.103 e. The minimum Gasteiger partial charge on any atom is -0.387 e. The fraction of sp³-hybridized carbons (Fsp3) is 0.214. The number of hydrogen-bond donors (Lipinski definition) is 1. The molecule has 2 aromatic carbocycles. The van der Waals surface area contributed by atoms with E-state index < -0.39 is 0 Å². The van der Waals surface area contributed by atoms with Crippen LogP contribution in [0.15, 0.2) is 45.9 Å². The van der Waals surface area contributed by atoms with Crippen LogP contribution in [0.25, 0.3) is 10.8 Å². The molecule has 17 heavy (non-hydrogen) atoms. The van der Waals surface area contributed by atoms with Gasteiger partial charge in [-0.05, 0) is 47.9 Å². The monoisotopic (exact) mass is 288 g/mol. The Bertz CT molecular complexity index is 600. The van der Waals surface area contributed by atoms with Crippen molar-refractivity contribution in [2.75, 3.05) is 0 Å². The van der Waals surface area contributed by atoms with Crippen molar-refractivity contribution in [3.05, 3.63) is 40.9 Å². The molecule has 1 fully saturated rings. The minimum absolute atomic E-state index is 0.524. The zero-order valence-electron chi connectivity index (χ0n) is 9.36. The third kappa shape index (κ3) is 2.34. The minimum atomic E-state index is 0.524. The number of fused-ring (bicyclic) bond motifs is 1. The van der Waals surface area contributed by atoms with Gasteiger partial charge in [0, 0.05) is 10.4 Å². The summed E-state index contributed by atoms with van der Waals surface area (Å²) >= 11 is 3.47. The van der Waals surface area contributed by atoms with E-state index in [1.165, 1.54) is 23.6 Å². The van der Waals surface area contributed by atoms with Gasteiger partial charge < -0.3 is 5.73 Å². The first-order chi connectivity index (χ1) is 8.22. The van der Waals surface area contributed by atoms with E-state index in [0.29, 0.717) is 5.92 Å². The Hall–Kier alpha value is -1.35. The first-order valence-electron chi connectivity index (χ1n) is 5.76. The molecule has 2 N–H and O–H groups in total. The Morgan fingerprint density at radius 3 is 2.59 bits per heavy atom. The van der Waals surface area contributed by atoms with Crippen molar-refractivity contribution in [3.8, 4) is 0 Å². The molecule has 2 nitrogen and oxygen atoms in total. The Labute approximate surface area is 109 Å². The summed E-state index contributed by atoms with van der Waals surface area (Å²) in [5.41, 5.74) is 6.87. The second-order valence-electron chi connectivity index (χ2n) is 4.49. The van der Waals surface area contributed by atoms with E-state index in [2.05, 4.69) is 45.2 Å². The number of nitrogens with two attached hydrogens (primary N) is 1. The van der Waals surface area contributed by atoms with Gasteiger partial charge in [-0.2, -0.15) is 0 Å². The van der Waals surface area contributed by atoms with Crippen molar-refractivity contribution >= 4 is 38.2 Å². The molecule has 0 aliphatic heterocycles. The first-order valence-corrected chi connectivity index (χ1v) is 6.55. The van der Waals surface area contributed by atoms with Crippen molar-refractivity contribution in [3.63, 3.8) is 0 Å². The van der Waals surface area contributed by atoms with Crippen LogP contribution in [0.1, 0.15) is 12.8 Å². The molecule has 0 bridgehead atoms. The predicted molar refractivity (Wildman–Crippen MR) is 75.7 cm³/mol. The van der Waals surface area contributed by atoms with Crippen LogP contribution < -0.4 is 5.73 Å². The zero-order chi connectivity index (χ0) is 11.8. The number of benzene rings is 2. The van der Waals surface area contributed by atoms with Crippen LogP contribution in [-0.2, 0) is 0 Å². The normalized spacial score (nSPS) is 16.4. The van der Waals surface area contributed by atoms with Crippen LogP contribution in [0, 0.1) is 5.92 Å². The fourth-order valence-corrected chi connectivity index (χ4v) is 2.27. The SMILES string of the molecule is NC(=Nc1ccc2cc(Br)ccc2c1)C1CC1. The number of nitrogens with zero attached hydrogens (tertiary/aromatic N) is 1. The van der Waals surface area contributed by atoms with E-state index in [9.17, 15) is 0 Å². The Kier molecular flexibility index (Phi) is 2.63. The third-order valence-electron chi connectivity index (χ3n) is 3.04. The van der Waals surface area contributed by atoms with Crippen molar-refractivity contribution in [2.24, 2.45) is 16.6 Å². The van der Waals surface area contributed by atoms with Crippen molar-refractivity contribution in [2.45, 2.75) is 12.8 Å². The molecule has 1 aliphatic carbocycles. The lowest BCUT2D eigenvalue weighted by Crippen LogP contribution is -2.12. The molecule has 0 heterocycles. The topological polar surface area (TPSA) is 38.4 Å². The Balaban J connectivity index is 2.01. The molecule has 1 aliphatic rings. The van der Waals surface area contributed by atoms with Gasteiger partial charge in [0.2, 0.25) is 0 Å². The molecule has 86 valence electrons. The van der Waals surface area contributed by atoms with E-state index >= 15 is 0 Å². The van der Waals surface area contributed by atoms with Gasteiger partial charge in [-0.15, -0.1) is 0 Å². The Morgan fingerprint density at radius 1 is 1.12 bits per heavy atom. The number of amidine groups is 1. The highest BCUT2D eigenvalue weighted by molar-refractivity contribution is 9.10. The van der Waals surface area contributed by atoms with Crippen LogP contribution in [0.4, 0.5) is 5.69 Å². The lowest BCUT2D eigenvalue weighted by molar-refractivity contribution is 1.15. The maximum atomic E-state index is 5.92. The lowest BCUT2D eigenvalue weighted by Gasteiger charge is -2.02. The van der Waals surface area contributed by atoms with Gasteiger partial charge in [-0.1, -0.05) is 28.1 Å². The van der Waals surface area contributed by atoms with Gasteiger partial charge in [0.05, 0.1) is 5.69 Å². The summed E-state index contributed by atoms with van der Waals surface area (Å²) in [6.45, 7) is 0. The van der Waals surface area contributed by atoms with Crippen LogP contribution in [-0.4, -0.2) is 5.84 Å². The summed E-state index contributed by atoms with van der Waals surface area (Å²) in [5.74, 6) is 1.30. The van der Waals surface area contributed by atoms with Crippen LogP contribution in [0.2, 0.25) is 0 Å². The molecule has 0 aromatic heterocycles. The summed E-state index contributed by atoms with van der Waals surface area (Å²) < 4.78 is 1.10. The van der Waals surface area contributed by atoms with Crippen molar-refractivity contribution < 1.29 is 0 Å². The van der Waals surface area contributed by atoms with Gasteiger partial charge in [0.25, 0.3) is 0 Å². The summed E-state index contributed by atoms with van der Waals surface area (Å²) in [5, 5.41) is 2.40. The van der Waals surface area contributed by atoms with Crippen LogP contribution in [0.5, 0.6) is 0 Å². The molecule has 3 heteroatoms. The number of halogens is 1. The molecule has 0 atom stereocenters. The van der Waals surface area contributed by atoms with E-state index in [4.69, 9.17) is 5.73 Å². The third-order valence-corrected chi connectivity index (χ3v) is 3.53. The summed E-state index contributed by atoms with van der Waals surface area (Å²) in [7, 11) is 0. The van der Waals surface area contributed by atoms with Gasteiger partial charge in [0.15, 0.2) is 0 Å². The molecule has 0 spiro atoms. The molecule has 0 amide bonds. The molecule has 1 saturated carbocycles. The van der Waals surface area contributed by atoms with Gasteiger partial charge in [0.1, 0.15) is 5.84 Å². The maximum absolute atomic E-state index is 5.92. The molecular formula is C14H13BrN2. The van der Waals surface area contributed by atoms with Crippen LogP contribution >= 0.6 is 15.9 Å². The van der Waals surface area contributed by atoms with Crippen molar-refractivity contribution in [1.82, 2.24) is 0 Å². The average Bonchev–Trinajstić information content (AvgIpc) is 3.13. The van der Waals surface area contributed by atoms with E-state index in [-0.39, 0.29) is 0 Å². The lowest BCUT2D eigenvalue weighted by atomic mass is 10.1. The first kappa shape index (κ1) is 10.8. The second-order valence-corrected chi connectivity index (χ2v) is 5.40. The number of rotatable bonds is 2. The van der Waals surface area contributed by atoms with Gasteiger partial charge in [-0.3, -0.25) is 0 Å². The van der Waals surface area contributed by atoms with Crippen molar-refractivity contribution in [1.29, 1.82) is 0 Å².